The molecule has 0 radical (unpaired) electrons. The van der Waals surface area contributed by atoms with Crippen molar-refractivity contribution in [3.05, 3.63) is 0 Å². The number of rotatable bonds is 8. The van der Waals surface area contributed by atoms with E-state index in [0.29, 0.717) is 25.7 Å². The van der Waals surface area contributed by atoms with Crippen LogP contribution in [0.2, 0.25) is 0 Å². The van der Waals surface area contributed by atoms with E-state index in [2.05, 4.69) is 20.8 Å². The summed E-state index contributed by atoms with van der Waals surface area (Å²) in [7, 11) is -9.83. The van der Waals surface area contributed by atoms with E-state index in [0.717, 1.165) is 25.7 Å². The molecule has 10 nitrogen and oxygen atoms in total. The first-order valence-corrected chi connectivity index (χ1v) is 15.7. The molecule has 10 atom stereocenters. The van der Waals surface area contributed by atoms with Gasteiger partial charge in [-0.05, 0) is 111 Å². The van der Waals surface area contributed by atoms with Gasteiger partial charge in [-0.15, -0.1) is 0 Å². The second-order valence-electron chi connectivity index (χ2n) is 12.3. The van der Waals surface area contributed by atoms with Gasteiger partial charge in [0.05, 0.1) is 12.2 Å². The van der Waals surface area contributed by atoms with Gasteiger partial charge in [0.2, 0.25) is 20.8 Å². The normalized spacial score (nSPS) is 40.4. The third kappa shape index (κ3) is 8.69. The van der Waals surface area contributed by atoms with Gasteiger partial charge in [0.1, 0.15) is 0 Å². The van der Waals surface area contributed by atoms with Crippen LogP contribution in [0, 0.1) is 46.3 Å². The van der Waals surface area contributed by atoms with Crippen molar-refractivity contribution in [2.45, 2.75) is 97.2 Å². The Balaban J connectivity index is 0.00000253. The molecular weight excluding hydrogens is 581 g/mol. The molecule has 4 saturated carbocycles. The molecule has 0 bridgehead atoms. The third-order valence-corrected chi connectivity index (χ3v) is 11.7. The van der Waals surface area contributed by atoms with Crippen molar-refractivity contribution in [1.29, 1.82) is 0 Å². The monoisotopic (exact) mass is 618 g/mol. The Hall–Kier alpha value is 2.21. The predicted molar refractivity (Wildman–Crippen MR) is 123 cm³/mol. The summed E-state index contributed by atoms with van der Waals surface area (Å²) < 4.78 is 78.9. The molecule has 4 fully saturated rings. The van der Waals surface area contributed by atoms with Crippen LogP contribution in [0.4, 0.5) is 0 Å². The summed E-state index contributed by atoms with van der Waals surface area (Å²) in [4.78, 5) is 11.0. The number of fused-ring (bicyclic) bond motifs is 5. The first-order valence-electron chi connectivity index (χ1n) is 13.0. The van der Waals surface area contributed by atoms with E-state index in [-0.39, 0.29) is 148 Å². The fourth-order valence-electron chi connectivity index (χ4n) is 9.19. The summed E-state index contributed by atoms with van der Waals surface area (Å²) in [5.41, 5.74) is -0.343. The zero-order chi connectivity index (χ0) is 26.7. The Bertz CT molecular complexity index is 1070. The Kier molecular flexibility index (Phi) is 14.6. The zero-order valence-electron chi connectivity index (χ0n) is 24.1. The first kappa shape index (κ1) is 39.2. The molecule has 0 heterocycles. The molecule has 39 heavy (non-hydrogen) atoms. The van der Waals surface area contributed by atoms with Crippen LogP contribution in [-0.2, 0) is 34.0 Å². The summed E-state index contributed by atoms with van der Waals surface area (Å²) in [5.74, 6) is -0.678. The maximum absolute atomic E-state index is 11.8. The Morgan fingerprint density at radius 2 is 1.44 bits per heavy atom. The largest absolute Gasteiger partial charge is 1.00 e. The Morgan fingerprint density at radius 3 is 2.00 bits per heavy atom. The van der Waals surface area contributed by atoms with Crippen molar-refractivity contribution in [2.75, 3.05) is 0 Å². The zero-order valence-corrected chi connectivity index (χ0v) is 31.7. The molecule has 4 rings (SSSR count). The van der Waals surface area contributed by atoms with E-state index < -0.39 is 39.0 Å². The predicted octanol–water partition coefficient (Wildman–Crippen LogP) is -6.88. The number of hydrogen-bond acceptors (Lipinski definition) is 10. The second-order valence-corrected chi connectivity index (χ2v) is 14.3. The van der Waals surface area contributed by atoms with Crippen molar-refractivity contribution in [1.82, 2.24) is 0 Å². The SMILES string of the molecule is C[C@H](CCC(=O)[O-])[C@H]1CC[C@H]2[C@@H]3[C@H](OS(=O)(=O)[O-])C[C@@H]4C[C@H](OS(=O)(=O)[O-])CC[C@]4(C)[C@H]3CC[C@]12C.[Na+].[Na+].[Na+]. The van der Waals surface area contributed by atoms with Crippen LogP contribution in [0.3, 0.4) is 0 Å². The molecule has 0 saturated heterocycles. The van der Waals surface area contributed by atoms with Crippen molar-refractivity contribution < 1.29 is 133 Å². The molecule has 4 aliphatic rings. The standard InChI is InChI=1S/C24H40O10S2.3Na/c1-14(4-7-21(25)26)17-5-6-18-22-19(9-11-24(17,18)3)23(2)10-8-16(33-35(27,28)29)12-15(23)13-20(22)34-36(30,31)32;;;/h14-20,22H,4-13H2,1-3H3,(H,25,26)(H,27,28,29)(H,30,31,32);;;/q;3*+1/p-3/t14-,15+,16-,17-,18+,19+,20-,22+,23+,24-;;;/m1.../s1. The molecule has 0 aromatic heterocycles. The van der Waals surface area contributed by atoms with Crippen LogP contribution in [0.15, 0.2) is 0 Å². The first-order chi connectivity index (χ1) is 16.5. The Morgan fingerprint density at radius 1 is 0.872 bits per heavy atom. The van der Waals surface area contributed by atoms with E-state index in [1.165, 1.54) is 0 Å². The average molecular weight is 619 g/mol. The van der Waals surface area contributed by atoms with Gasteiger partial charge in [-0.1, -0.05) is 20.8 Å². The molecule has 0 amide bonds. The van der Waals surface area contributed by atoms with Gasteiger partial charge in [0, 0.05) is 5.97 Å². The summed E-state index contributed by atoms with van der Waals surface area (Å²) in [6, 6.07) is 0. The molecule has 0 spiro atoms. The minimum Gasteiger partial charge on any atom is -0.726 e. The van der Waals surface area contributed by atoms with Gasteiger partial charge in [0.25, 0.3) is 0 Å². The summed E-state index contributed by atoms with van der Waals surface area (Å²) in [6.45, 7) is 6.46. The molecular formula is C24H37Na3O10S2. The van der Waals surface area contributed by atoms with Gasteiger partial charge in [-0.3, -0.25) is 8.37 Å². The van der Waals surface area contributed by atoms with E-state index in [1.54, 1.807) is 0 Å². The number of carboxylic acid groups (broad SMARTS) is 1. The number of carboxylic acids is 1. The number of carbonyl (C=O) groups excluding carboxylic acids is 1. The molecule has 0 unspecified atom stereocenters. The maximum Gasteiger partial charge on any atom is 1.00 e. The fourth-order valence-corrected chi connectivity index (χ4v) is 10.2. The quantitative estimate of drug-likeness (QED) is 0.145. The molecule has 0 N–H and O–H groups in total. The summed E-state index contributed by atoms with van der Waals surface area (Å²) in [5, 5.41) is 11.0. The topological polar surface area (TPSA) is 173 Å². The van der Waals surface area contributed by atoms with Crippen LogP contribution in [0.5, 0.6) is 0 Å². The van der Waals surface area contributed by atoms with Crippen LogP contribution in [0.1, 0.15) is 85.0 Å². The number of aliphatic carboxylic acids is 1. The molecule has 208 valence electrons. The van der Waals surface area contributed by atoms with Crippen LogP contribution in [0.25, 0.3) is 0 Å². The summed E-state index contributed by atoms with van der Waals surface area (Å²) in [6.07, 6.45) is 4.10. The average Bonchev–Trinajstić information content (AvgIpc) is 3.08. The fraction of sp³-hybridized carbons (Fsp3) is 0.958. The number of hydrogen-bond donors (Lipinski definition) is 0. The smallest absolute Gasteiger partial charge is 0.726 e. The Labute approximate surface area is 299 Å². The van der Waals surface area contributed by atoms with Crippen LogP contribution >= 0.6 is 0 Å². The summed E-state index contributed by atoms with van der Waals surface area (Å²) >= 11 is 0. The van der Waals surface area contributed by atoms with Gasteiger partial charge in [0.15, 0.2) is 0 Å². The van der Waals surface area contributed by atoms with Crippen molar-refractivity contribution in [2.24, 2.45) is 46.3 Å². The molecule has 0 aliphatic heterocycles. The van der Waals surface area contributed by atoms with E-state index in [1.807, 2.05) is 0 Å². The van der Waals surface area contributed by atoms with E-state index in [9.17, 15) is 35.8 Å². The molecule has 0 aromatic carbocycles. The van der Waals surface area contributed by atoms with Gasteiger partial charge >= 0.3 is 88.7 Å². The van der Waals surface area contributed by atoms with Crippen molar-refractivity contribution in [3.8, 4) is 0 Å². The van der Waals surface area contributed by atoms with E-state index in [4.69, 9.17) is 8.37 Å². The number of carbonyl (C=O) groups is 1. The minimum absolute atomic E-state index is 0. The van der Waals surface area contributed by atoms with E-state index >= 15 is 0 Å². The second kappa shape index (κ2) is 14.5. The maximum atomic E-state index is 11.8. The van der Waals surface area contributed by atoms with Crippen LogP contribution in [-0.4, -0.2) is 44.1 Å². The van der Waals surface area contributed by atoms with Gasteiger partial charge in [-0.25, -0.2) is 16.8 Å². The van der Waals surface area contributed by atoms with Gasteiger partial charge < -0.3 is 19.0 Å². The minimum atomic E-state index is -4.97. The van der Waals surface area contributed by atoms with Crippen molar-refractivity contribution in [3.63, 3.8) is 0 Å². The molecule has 0 aromatic rings. The van der Waals surface area contributed by atoms with Crippen molar-refractivity contribution >= 4 is 26.8 Å². The molecule has 4 aliphatic carbocycles. The van der Waals surface area contributed by atoms with Crippen LogP contribution < -0.4 is 93.8 Å². The third-order valence-electron chi connectivity index (χ3n) is 10.7. The van der Waals surface area contributed by atoms with Gasteiger partial charge in [-0.2, -0.15) is 0 Å². The molecule has 15 heteroatoms.